The van der Waals surface area contributed by atoms with Crippen molar-refractivity contribution in [3.8, 4) is 0 Å². The van der Waals surface area contributed by atoms with Crippen LogP contribution in [0, 0.1) is 6.92 Å². The fraction of sp³-hybridized carbons (Fsp3) is 0.444. The number of carbonyl (C=O) groups is 2. The summed E-state index contributed by atoms with van der Waals surface area (Å²) in [6, 6.07) is 13.9. The maximum atomic E-state index is 13.9. The third kappa shape index (κ3) is 4.21. The molecule has 8 heteroatoms. The van der Waals surface area contributed by atoms with Crippen LogP contribution < -0.4 is 0 Å². The first-order valence-corrected chi connectivity index (χ1v) is 12.2. The number of aryl methyl sites for hydroxylation is 2. The monoisotopic (exact) mass is 475 g/mol. The van der Waals surface area contributed by atoms with Crippen LogP contribution in [0.3, 0.4) is 0 Å². The van der Waals surface area contributed by atoms with E-state index in [9.17, 15) is 9.59 Å². The standard InChI is InChI=1S/C27H33N5O3/c1-20-23(17-29(2)28-20)18-30-13-11-27(12-14-30)25(33)31(26(34)32(27)15-16-35-3)19-22-9-6-8-21-7-4-5-10-24(21)22/h4-10,17H,11-16,18-19H2,1-3H3. The molecule has 0 atom stereocenters. The van der Waals surface area contributed by atoms with Gasteiger partial charge in [-0.2, -0.15) is 5.10 Å². The molecule has 1 aromatic heterocycles. The Bertz CT molecular complexity index is 1240. The molecule has 8 nitrogen and oxygen atoms in total. The minimum atomic E-state index is -0.805. The van der Waals surface area contributed by atoms with Crippen molar-refractivity contribution in [1.29, 1.82) is 0 Å². The summed E-state index contributed by atoms with van der Waals surface area (Å²) < 4.78 is 7.14. The van der Waals surface area contributed by atoms with Crippen LogP contribution in [0.5, 0.6) is 0 Å². The predicted molar refractivity (Wildman–Crippen MR) is 134 cm³/mol. The summed E-state index contributed by atoms with van der Waals surface area (Å²) in [7, 11) is 3.56. The molecule has 0 saturated carbocycles. The molecule has 0 radical (unpaired) electrons. The van der Waals surface area contributed by atoms with Crippen LogP contribution in [0.15, 0.2) is 48.7 Å². The van der Waals surface area contributed by atoms with Crippen molar-refractivity contribution < 1.29 is 14.3 Å². The molecule has 0 bridgehead atoms. The van der Waals surface area contributed by atoms with Crippen LogP contribution in [0.4, 0.5) is 4.79 Å². The van der Waals surface area contributed by atoms with Crippen molar-refractivity contribution in [2.75, 3.05) is 33.4 Å². The lowest BCUT2D eigenvalue weighted by Crippen LogP contribution is -2.57. The molecule has 184 valence electrons. The Hall–Kier alpha value is -3.23. The number of amides is 3. The highest BCUT2D eigenvalue weighted by Crippen LogP contribution is 2.38. The Morgan fingerprint density at radius 2 is 1.74 bits per heavy atom. The quantitative estimate of drug-likeness (QED) is 0.490. The number of piperidine rings is 1. The number of rotatable bonds is 7. The van der Waals surface area contributed by atoms with E-state index in [1.807, 2.05) is 49.0 Å². The maximum Gasteiger partial charge on any atom is 0.328 e. The molecule has 2 aliphatic heterocycles. The van der Waals surface area contributed by atoms with Crippen molar-refractivity contribution in [2.24, 2.45) is 7.05 Å². The normalized spacial score (nSPS) is 18.4. The summed E-state index contributed by atoms with van der Waals surface area (Å²) in [5.74, 6) is -0.0799. The Labute approximate surface area is 206 Å². The molecule has 2 saturated heterocycles. The molecule has 0 aliphatic carbocycles. The highest BCUT2D eigenvalue weighted by Gasteiger charge is 2.57. The van der Waals surface area contributed by atoms with Crippen molar-refractivity contribution >= 4 is 22.7 Å². The maximum absolute atomic E-state index is 13.9. The number of nitrogens with zero attached hydrogens (tertiary/aromatic N) is 5. The zero-order chi connectivity index (χ0) is 24.6. The number of likely N-dealkylation sites (tertiary alicyclic amines) is 1. The average molecular weight is 476 g/mol. The topological polar surface area (TPSA) is 70.9 Å². The lowest BCUT2D eigenvalue weighted by Gasteiger charge is -2.42. The number of imide groups is 1. The van der Waals surface area contributed by atoms with Gasteiger partial charge in [-0.25, -0.2) is 4.79 Å². The third-order valence-corrected chi connectivity index (χ3v) is 7.54. The summed E-state index contributed by atoms with van der Waals surface area (Å²) >= 11 is 0. The highest BCUT2D eigenvalue weighted by molar-refractivity contribution is 6.07. The van der Waals surface area contributed by atoms with E-state index < -0.39 is 5.54 Å². The first kappa shape index (κ1) is 23.5. The molecule has 3 amide bonds. The Morgan fingerprint density at radius 1 is 1.00 bits per heavy atom. The summed E-state index contributed by atoms with van der Waals surface area (Å²) in [5.41, 5.74) is 2.41. The van der Waals surface area contributed by atoms with E-state index in [2.05, 4.69) is 28.3 Å². The predicted octanol–water partition coefficient (Wildman–Crippen LogP) is 3.33. The van der Waals surface area contributed by atoms with E-state index in [0.29, 0.717) is 26.0 Å². The van der Waals surface area contributed by atoms with Gasteiger partial charge in [-0.05, 0) is 36.1 Å². The molecule has 5 rings (SSSR count). The zero-order valence-corrected chi connectivity index (χ0v) is 20.7. The number of fused-ring (bicyclic) bond motifs is 1. The van der Waals surface area contributed by atoms with E-state index >= 15 is 0 Å². The van der Waals surface area contributed by atoms with Crippen molar-refractivity contribution in [3.63, 3.8) is 0 Å². The van der Waals surface area contributed by atoms with E-state index in [1.54, 1.807) is 12.0 Å². The molecule has 1 spiro atoms. The van der Waals surface area contributed by atoms with Gasteiger partial charge in [0.05, 0.1) is 18.8 Å². The number of benzene rings is 2. The number of ether oxygens (including phenoxy) is 1. The first-order chi connectivity index (χ1) is 16.9. The Balaban J connectivity index is 1.38. The van der Waals surface area contributed by atoms with Crippen molar-refractivity contribution in [2.45, 2.75) is 38.4 Å². The van der Waals surface area contributed by atoms with Gasteiger partial charge in [-0.1, -0.05) is 42.5 Å². The molecule has 2 fully saturated rings. The van der Waals surface area contributed by atoms with Crippen LogP contribution in [0.1, 0.15) is 29.7 Å². The van der Waals surface area contributed by atoms with Gasteiger partial charge in [-0.3, -0.25) is 19.3 Å². The molecule has 2 aliphatic rings. The summed E-state index contributed by atoms with van der Waals surface area (Å²) in [6.45, 7) is 5.42. The minimum absolute atomic E-state index is 0.0799. The van der Waals surface area contributed by atoms with Gasteiger partial charge in [0.2, 0.25) is 0 Å². The first-order valence-electron chi connectivity index (χ1n) is 12.2. The van der Waals surface area contributed by atoms with Gasteiger partial charge in [0.15, 0.2) is 0 Å². The summed E-state index contributed by atoms with van der Waals surface area (Å²) in [6.07, 6.45) is 3.29. The Morgan fingerprint density at radius 3 is 2.46 bits per heavy atom. The molecule has 3 heterocycles. The van der Waals surface area contributed by atoms with Gasteiger partial charge >= 0.3 is 6.03 Å². The molecule has 2 aromatic carbocycles. The second-order valence-electron chi connectivity index (χ2n) is 9.68. The minimum Gasteiger partial charge on any atom is -0.383 e. The second-order valence-corrected chi connectivity index (χ2v) is 9.68. The Kier molecular flexibility index (Phi) is 6.34. The highest BCUT2D eigenvalue weighted by atomic mass is 16.5. The largest absolute Gasteiger partial charge is 0.383 e. The van der Waals surface area contributed by atoms with Crippen molar-refractivity contribution in [3.05, 3.63) is 65.5 Å². The van der Waals surface area contributed by atoms with Crippen LogP contribution in [-0.4, -0.2) is 75.3 Å². The fourth-order valence-corrected chi connectivity index (χ4v) is 5.62. The van der Waals surface area contributed by atoms with Gasteiger partial charge < -0.3 is 9.64 Å². The van der Waals surface area contributed by atoms with Gasteiger partial charge in [0, 0.05) is 52.1 Å². The second kappa shape index (κ2) is 9.43. The summed E-state index contributed by atoms with van der Waals surface area (Å²) in [4.78, 5) is 33.1. The number of urea groups is 1. The molecule has 3 aromatic rings. The van der Waals surface area contributed by atoms with Crippen molar-refractivity contribution in [1.82, 2.24) is 24.5 Å². The third-order valence-electron chi connectivity index (χ3n) is 7.54. The number of methoxy groups -OCH3 is 1. The van der Waals surface area contributed by atoms with Gasteiger partial charge in [0.25, 0.3) is 5.91 Å². The zero-order valence-electron chi connectivity index (χ0n) is 20.7. The number of hydrogen-bond acceptors (Lipinski definition) is 5. The lowest BCUT2D eigenvalue weighted by molar-refractivity contribution is -0.136. The number of hydrogen-bond donors (Lipinski definition) is 0. The molecule has 0 unspecified atom stereocenters. The van der Waals surface area contributed by atoms with Crippen LogP contribution >= 0.6 is 0 Å². The fourth-order valence-electron chi connectivity index (χ4n) is 5.62. The molecular weight excluding hydrogens is 442 g/mol. The van der Waals surface area contributed by atoms with E-state index in [4.69, 9.17) is 4.74 Å². The van der Waals surface area contributed by atoms with Gasteiger partial charge in [-0.15, -0.1) is 0 Å². The van der Waals surface area contributed by atoms with Gasteiger partial charge in [0.1, 0.15) is 5.54 Å². The molecule has 0 N–H and O–H groups in total. The van der Waals surface area contributed by atoms with E-state index in [1.165, 1.54) is 10.5 Å². The smallest absolute Gasteiger partial charge is 0.328 e. The SMILES string of the molecule is COCCN1C(=O)N(Cc2cccc3ccccc23)C(=O)C12CCN(Cc1cn(C)nc1C)CC2. The van der Waals surface area contributed by atoms with E-state index in [0.717, 1.165) is 41.7 Å². The van der Waals surface area contributed by atoms with Crippen LogP contribution in [-0.2, 0) is 29.7 Å². The number of carbonyl (C=O) groups excluding carboxylic acids is 2. The summed E-state index contributed by atoms with van der Waals surface area (Å²) in [5, 5.41) is 6.63. The molecular formula is C27H33N5O3. The molecule has 35 heavy (non-hydrogen) atoms. The average Bonchev–Trinajstić information content (AvgIpc) is 3.27. The lowest BCUT2D eigenvalue weighted by atomic mass is 9.85. The van der Waals surface area contributed by atoms with Crippen LogP contribution in [0.2, 0.25) is 0 Å². The van der Waals surface area contributed by atoms with E-state index in [-0.39, 0.29) is 18.5 Å². The number of aromatic nitrogens is 2. The van der Waals surface area contributed by atoms with Crippen LogP contribution in [0.25, 0.3) is 10.8 Å².